The van der Waals surface area contributed by atoms with Crippen molar-refractivity contribution >= 4 is 11.7 Å². The lowest BCUT2D eigenvalue weighted by molar-refractivity contribution is -0.00435. The van der Waals surface area contributed by atoms with Crippen molar-refractivity contribution in [1.82, 2.24) is 4.90 Å². The number of rotatable bonds is 2. The van der Waals surface area contributed by atoms with Gasteiger partial charge in [0.05, 0.1) is 12.8 Å². The lowest BCUT2D eigenvalue weighted by Crippen LogP contribution is -2.52. The van der Waals surface area contributed by atoms with Crippen LogP contribution in [0.3, 0.4) is 0 Å². The number of methoxy groups -OCH3 is 1. The first-order chi connectivity index (χ1) is 12.7. The van der Waals surface area contributed by atoms with Crippen LogP contribution >= 0.6 is 0 Å². The third-order valence-electron chi connectivity index (χ3n) is 5.46. The van der Waals surface area contributed by atoms with E-state index in [2.05, 4.69) is 23.5 Å². The summed E-state index contributed by atoms with van der Waals surface area (Å²) in [4.78, 5) is 14.5. The molecular weight excluding hydrogens is 328 g/mol. The predicted octanol–water partition coefficient (Wildman–Crippen LogP) is 4.09. The van der Waals surface area contributed by atoms with Gasteiger partial charge in [0.2, 0.25) is 0 Å². The van der Waals surface area contributed by atoms with Gasteiger partial charge < -0.3 is 19.7 Å². The van der Waals surface area contributed by atoms with Crippen molar-refractivity contribution in [2.75, 3.05) is 25.5 Å². The number of para-hydroxylation sites is 3. The number of likely N-dealkylation sites (tertiary alicyclic amines) is 1. The number of benzene rings is 2. The fourth-order valence-electron chi connectivity index (χ4n) is 3.87. The summed E-state index contributed by atoms with van der Waals surface area (Å²) in [6, 6.07) is 15.7. The Morgan fingerprint density at radius 2 is 1.81 bits per heavy atom. The van der Waals surface area contributed by atoms with Crippen molar-refractivity contribution < 1.29 is 14.3 Å². The van der Waals surface area contributed by atoms with Gasteiger partial charge in [0.1, 0.15) is 17.1 Å². The molecule has 2 aromatic rings. The Morgan fingerprint density at radius 1 is 1.08 bits per heavy atom. The van der Waals surface area contributed by atoms with Crippen LogP contribution in [0.5, 0.6) is 11.5 Å². The van der Waals surface area contributed by atoms with Gasteiger partial charge in [-0.25, -0.2) is 4.79 Å². The Kier molecular flexibility index (Phi) is 4.45. The molecule has 2 aromatic carbocycles. The van der Waals surface area contributed by atoms with Gasteiger partial charge in [-0.05, 0) is 36.6 Å². The molecule has 0 radical (unpaired) electrons. The number of nitrogens with one attached hydrogen (secondary N) is 1. The van der Waals surface area contributed by atoms with E-state index in [1.807, 2.05) is 35.2 Å². The second kappa shape index (κ2) is 6.90. The molecule has 1 fully saturated rings. The minimum Gasteiger partial charge on any atom is -0.495 e. The highest BCUT2D eigenvalue weighted by Crippen LogP contribution is 2.39. The van der Waals surface area contributed by atoms with E-state index in [4.69, 9.17) is 9.47 Å². The standard InChI is InChI=1S/C21H24N2O3/c1-25-19-9-5-3-7-17(19)22-20(24)23-14-12-21(13-15-23)11-10-16-6-2-4-8-18(16)26-21/h2-9H,10-15H2,1H3,(H,22,24). The van der Waals surface area contributed by atoms with Crippen LogP contribution < -0.4 is 14.8 Å². The Balaban J connectivity index is 1.39. The molecule has 2 heterocycles. The third-order valence-corrected chi connectivity index (χ3v) is 5.46. The molecule has 2 amide bonds. The van der Waals surface area contributed by atoms with E-state index >= 15 is 0 Å². The molecule has 136 valence electrons. The zero-order valence-corrected chi connectivity index (χ0v) is 15.0. The molecule has 0 atom stereocenters. The highest BCUT2D eigenvalue weighted by Gasteiger charge is 2.40. The topological polar surface area (TPSA) is 50.8 Å². The van der Waals surface area contributed by atoms with Crippen molar-refractivity contribution in [2.45, 2.75) is 31.3 Å². The second-order valence-electron chi connectivity index (χ2n) is 7.01. The number of carbonyl (C=O) groups excluding carboxylic acids is 1. The molecule has 1 saturated heterocycles. The summed E-state index contributed by atoms with van der Waals surface area (Å²) in [5, 5.41) is 2.96. The average molecular weight is 352 g/mol. The van der Waals surface area contributed by atoms with Crippen molar-refractivity contribution in [1.29, 1.82) is 0 Å². The normalized spacial score (nSPS) is 18.0. The highest BCUT2D eigenvalue weighted by atomic mass is 16.5. The van der Waals surface area contributed by atoms with Crippen molar-refractivity contribution in [2.24, 2.45) is 0 Å². The molecule has 26 heavy (non-hydrogen) atoms. The number of hydrogen-bond donors (Lipinski definition) is 1. The van der Waals surface area contributed by atoms with Crippen molar-refractivity contribution in [3.63, 3.8) is 0 Å². The van der Waals surface area contributed by atoms with E-state index in [0.29, 0.717) is 24.5 Å². The Labute approximate surface area is 153 Å². The van der Waals surface area contributed by atoms with E-state index < -0.39 is 0 Å². The van der Waals surface area contributed by atoms with E-state index in [9.17, 15) is 4.79 Å². The van der Waals surface area contributed by atoms with Gasteiger partial charge in [-0.2, -0.15) is 0 Å². The first kappa shape index (κ1) is 16.8. The van der Waals surface area contributed by atoms with E-state index in [-0.39, 0.29) is 11.6 Å². The average Bonchev–Trinajstić information content (AvgIpc) is 2.69. The van der Waals surface area contributed by atoms with Gasteiger partial charge in [0.25, 0.3) is 0 Å². The zero-order valence-electron chi connectivity index (χ0n) is 15.0. The SMILES string of the molecule is COc1ccccc1NC(=O)N1CCC2(CCc3ccccc3O2)CC1. The van der Waals surface area contributed by atoms with E-state index in [1.165, 1.54) is 5.56 Å². The van der Waals surface area contributed by atoms with Crippen LogP contribution in [0.4, 0.5) is 10.5 Å². The summed E-state index contributed by atoms with van der Waals surface area (Å²) < 4.78 is 11.7. The number of amides is 2. The summed E-state index contributed by atoms with van der Waals surface area (Å²) in [5.41, 5.74) is 1.85. The number of urea groups is 1. The predicted molar refractivity (Wildman–Crippen MR) is 101 cm³/mol. The minimum atomic E-state index is -0.129. The van der Waals surface area contributed by atoms with E-state index in [1.54, 1.807) is 7.11 Å². The molecule has 5 nitrogen and oxygen atoms in total. The van der Waals surface area contributed by atoms with Crippen LogP contribution in [0.1, 0.15) is 24.8 Å². The lowest BCUT2D eigenvalue weighted by Gasteiger charge is -2.44. The fraction of sp³-hybridized carbons (Fsp3) is 0.381. The van der Waals surface area contributed by atoms with Gasteiger partial charge in [-0.3, -0.25) is 0 Å². The monoisotopic (exact) mass is 352 g/mol. The molecule has 2 aliphatic heterocycles. The highest BCUT2D eigenvalue weighted by molar-refractivity contribution is 5.91. The Bertz CT molecular complexity index is 797. The van der Waals surface area contributed by atoms with Crippen LogP contribution in [-0.4, -0.2) is 36.7 Å². The molecule has 0 saturated carbocycles. The molecule has 0 unspecified atom stereocenters. The van der Waals surface area contributed by atoms with Gasteiger partial charge >= 0.3 is 6.03 Å². The number of piperidine rings is 1. The maximum atomic E-state index is 12.6. The first-order valence-electron chi connectivity index (χ1n) is 9.15. The molecule has 1 spiro atoms. The molecule has 0 bridgehead atoms. The first-order valence-corrected chi connectivity index (χ1v) is 9.15. The van der Waals surface area contributed by atoms with Crippen LogP contribution in [0.25, 0.3) is 0 Å². The Morgan fingerprint density at radius 3 is 2.62 bits per heavy atom. The zero-order chi connectivity index (χ0) is 18.0. The smallest absolute Gasteiger partial charge is 0.321 e. The van der Waals surface area contributed by atoms with Gasteiger partial charge in [0, 0.05) is 25.9 Å². The summed E-state index contributed by atoms with van der Waals surface area (Å²) in [6.07, 6.45) is 3.79. The maximum absolute atomic E-state index is 12.6. The van der Waals surface area contributed by atoms with Crippen molar-refractivity contribution in [3.05, 3.63) is 54.1 Å². The van der Waals surface area contributed by atoms with E-state index in [0.717, 1.165) is 31.4 Å². The number of hydrogen-bond acceptors (Lipinski definition) is 3. The number of anilines is 1. The van der Waals surface area contributed by atoms with Gasteiger partial charge in [0.15, 0.2) is 0 Å². The number of fused-ring (bicyclic) bond motifs is 1. The molecule has 4 rings (SSSR count). The summed E-state index contributed by atoms with van der Waals surface area (Å²) >= 11 is 0. The van der Waals surface area contributed by atoms with Crippen LogP contribution in [-0.2, 0) is 6.42 Å². The van der Waals surface area contributed by atoms with Crippen LogP contribution in [0, 0.1) is 0 Å². The summed E-state index contributed by atoms with van der Waals surface area (Å²) in [6.45, 7) is 1.40. The molecule has 0 aromatic heterocycles. The second-order valence-corrected chi connectivity index (χ2v) is 7.01. The van der Waals surface area contributed by atoms with Gasteiger partial charge in [-0.15, -0.1) is 0 Å². The molecular formula is C21H24N2O3. The van der Waals surface area contributed by atoms with Crippen LogP contribution in [0.2, 0.25) is 0 Å². The van der Waals surface area contributed by atoms with Crippen molar-refractivity contribution in [3.8, 4) is 11.5 Å². The maximum Gasteiger partial charge on any atom is 0.321 e. The lowest BCUT2D eigenvalue weighted by atomic mass is 9.83. The Hall–Kier alpha value is -2.69. The number of ether oxygens (including phenoxy) is 2. The van der Waals surface area contributed by atoms with Crippen LogP contribution in [0.15, 0.2) is 48.5 Å². The molecule has 0 aliphatic carbocycles. The summed E-state index contributed by atoms with van der Waals surface area (Å²) in [5.74, 6) is 1.67. The number of nitrogens with zero attached hydrogens (tertiary/aromatic N) is 1. The largest absolute Gasteiger partial charge is 0.495 e. The number of aryl methyl sites for hydroxylation is 1. The molecule has 2 aliphatic rings. The summed E-state index contributed by atoms with van der Waals surface area (Å²) in [7, 11) is 1.61. The third kappa shape index (κ3) is 3.21. The fourth-order valence-corrected chi connectivity index (χ4v) is 3.87. The number of carbonyl (C=O) groups is 1. The molecule has 5 heteroatoms. The molecule has 1 N–H and O–H groups in total. The van der Waals surface area contributed by atoms with Gasteiger partial charge in [-0.1, -0.05) is 30.3 Å². The quantitative estimate of drug-likeness (QED) is 0.886. The minimum absolute atomic E-state index is 0.0828.